The smallest absolute Gasteiger partial charge is 0.115 e. The van der Waals surface area contributed by atoms with Gasteiger partial charge in [0.25, 0.3) is 0 Å². The predicted molar refractivity (Wildman–Crippen MR) is 92.5 cm³/mol. The first-order valence-corrected chi connectivity index (χ1v) is 8.64. The first-order chi connectivity index (χ1) is 11.1. The van der Waals surface area contributed by atoms with Crippen molar-refractivity contribution in [1.29, 1.82) is 0 Å². The Labute approximate surface area is 138 Å². The van der Waals surface area contributed by atoms with Crippen molar-refractivity contribution in [3.63, 3.8) is 0 Å². The van der Waals surface area contributed by atoms with E-state index in [1.807, 2.05) is 18.3 Å². The van der Waals surface area contributed by atoms with E-state index in [9.17, 15) is 5.11 Å². The molecule has 0 radical (unpaired) electrons. The van der Waals surface area contributed by atoms with E-state index >= 15 is 0 Å². The highest BCUT2D eigenvalue weighted by molar-refractivity contribution is 5.26. The molecule has 0 bridgehead atoms. The number of rotatable bonds is 5. The van der Waals surface area contributed by atoms with Crippen molar-refractivity contribution < 1.29 is 5.11 Å². The molecule has 0 spiro atoms. The first kappa shape index (κ1) is 16.1. The Morgan fingerprint density at radius 2 is 2.09 bits per heavy atom. The minimum Gasteiger partial charge on any atom is -0.508 e. The molecule has 23 heavy (non-hydrogen) atoms. The van der Waals surface area contributed by atoms with Crippen LogP contribution in [-0.4, -0.2) is 33.3 Å². The van der Waals surface area contributed by atoms with Crippen molar-refractivity contribution in [3.8, 4) is 5.75 Å². The number of hydrogen-bond donors (Lipinski definition) is 2. The van der Waals surface area contributed by atoms with Crippen LogP contribution in [0.3, 0.4) is 0 Å². The van der Waals surface area contributed by atoms with Crippen molar-refractivity contribution in [2.24, 2.45) is 5.92 Å². The zero-order chi connectivity index (χ0) is 16.2. The summed E-state index contributed by atoms with van der Waals surface area (Å²) in [6.45, 7) is 7.69. The third-order valence-electron chi connectivity index (χ3n) is 4.64. The minimum atomic E-state index is 0.334. The fourth-order valence-corrected chi connectivity index (χ4v) is 3.57. The maximum absolute atomic E-state index is 9.41. The van der Waals surface area contributed by atoms with Crippen LogP contribution in [0.4, 0.5) is 0 Å². The highest BCUT2D eigenvalue weighted by Crippen LogP contribution is 2.29. The standard InChI is InChI=1S/C19H27N3O/c1-14(2)10-17-11-20-21-19(17)16-4-3-9-22(13-16)12-15-5-7-18(23)8-6-15/h5-8,11,14,16,23H,3-4,9-10,12-13H2,1-2H3,(H,20,21)/t16-/m0/s1. The summed E-state index contributed by atoms with van der Waals surface area (Å²) in [5.41, 5.74) is 3.99. The zero-order valence-electron chi connectivity index (χ0n) is 14.1. The van der Waals surface area contributed by atoms with Gasteiger partial charge in [-0.05, 0) is 55.0 Å². The lowest BCUT2D eigenvalue weighted by atomic mass is 9.90. The third-order valence-corrected chi connectivity index (χ3v) is 4.64. The van der Waals surface area contributed by atoms with Gasteiger partial charge >= 0.3 is 0 Å². The lowest BCUT2D eigenvalue weighted by Gasteiger charge is -2.32. The van der Waals surface area contributed by atoms with Crippen molar-refractivity contribution >= 4 is 0 Å². The molecule has 1 atom stereocenters. The fraction of sp³-hybridized carbons (Fsp3) is 0.526. The van der Waals surface area contributed by atoms with Crippen LogP contribution in [0.5, 0.6) is 5.75 Å². The summed E-state index contributed by atoms with van der Waals surface area (Å²) < 4.78 is 0. The molecule has 1 aliphatic heterocycles. The summed E-state index contributed by atoms with van der Waals surface area (Å²) >= 11 is 0. The molecule has 4 nitrogen and oxygen atoms in total. The molecule has 2 heterocycles. The largest absolute Gasteiger partial charge is 0.508 e. The molecule has 1 fully saturated rings. The maximum Gasteiger partial charge on any atom is 0.115 e. The lowest BCUT2D eigenvalue weighted by molar-refractivity contribution is 0.198. The lowest BCUT2D eigenvalue weighted by Crippen LogP contribution is -2.34. The van der Waals surface area contributed by atoms with Gasteiger partial charge in [0.1, 0.15) is 5.75 Å². The molecule has 4 heteroatoms. The fourth-order valence-electron chi connectivity index (χ4n) is 3.57. The molecule has 1 saturated heterocycles. The van der Waals surface area contributed by atoms with Gasteiger partial charge in [-0.25, -0.2) is 0 Å². The van der Waals surface area contributed by atoms with E-state index in [4.69, 9.17) is 0 Å². The highest BCUT2D eigenvalue weighted by atomic mass is 16.3. The highest BCUT2D eigenvalue weighted by Gasteiger charge is 2.24. The SMILES string of the molecule is CC(C)Cc1cn[nH]c1[C@H]1CCCN(Cc2ccc(O)cc2)C1. The van der Waals surface area contributed by atoms with Crippen molar-refractivity contribution in [3.05, 3.63) is 47.3 Å². The second-order valence-electron chi connectivity index (χ2n) is 7.15. The molecular weight excluding hydrogens is 286 g/mol. The van der Waals surface area contributed by atoms with E-state index in [1.165, 1.54) is 29.7 Å². The number of phenolic OH excluding ortho intramolecular Hbond substituents is 1. The van der Waals surface area contributed by atoms with Gasteiger partial charge in [-0.1, -0.05) is 26.0 Å². The van der Waals surface area contributed by atoms with Gasteiger partial charge < -0.3 is 5.11 Å². The molecule has 2 N–H and O–H groups in total. The van der Waals surface area contributed by atoms with Gasteiger partial charge in [0.05, 0.1) is 6.20 Å². The molecule has 2 aromatic rings. The number of aromatic nitrogens is 2. The number of nitrogens with zero attached hydrogens (tertiary/aromatic N) is 2. The molecular formula is C19H27N3O. The summed E-state index contributed by atoms with van der Waals surface area (Å²) in [7, 11) is 0. The van der Waals surface area contributed by atoms with Crippen LogP contribution in [-0.2, 0) is 13.0 Å². The summed E-state index contributed by atoms with van der Waals surface area (Å²) in [6, 6.07) is 7.57. The van der Waals surface area contributed by atoms with Crippen LogP contribution in [0.25, 0.3) is 0 Å². The summed E-state index contributed by atoms with van der Waals surface area (Å²) in [6.07, 6.45) is 5.57. The number of benzene rings is 1. The molecule has 0 aliphatic carbocycles. The average molecular weight is 313 g/mol. The number of nitrogens with one attached hydrogen (secondary N) is 1. The quantitative estimate of drug-likeness (QED) is 0.885. The van der Waals surface area contributed by atoms with Gasteiger partial charge in [-0.3, -0.25) is 10.00 Å². The van der Waals surface area contributed by atoms with Gasteiger partial charge in [0, 0.05) is 24.7 Å². The average Bonchev–Trinajstić information content (AvgIpc) is 2.97. The third kappa shape index (κ3) is 4.14. The number of likely N-dealkylation sites (tertiary alicyclic amines) is 1. The molecule has 1 aliphatic rings. The number of hydrogen-bond acceptors (Lipinski definition) is 3. The minimum absolute atomic E-state index is 0.334. The topological polar surface area (TPSA) is 52.2 Å². The maximum atomic E-state index is 9.41. The molecule has 3 rings (SSSR count). The monoisotopic (exact) mass is 313 g/mol. The van der Waals surface area contributed by atoms with Crippen LogP contribution in [0.2, 0.25) is 0 Å². The molecule has 0 saturated carbocycles. The Hall–Kier alpha value is -1.81. The predicted octanol–water partition coefficient (Wildman–Crippen LogP) is 3.69. The van der Waals surface area contributed by atoms with Crippen molar-refractivity contribution in [1.82, 2.24) is 15.1 Å². The van der Waals surface area contributed by atoms with Gasteiger partial charge in [-0.15, -0.1) is 0 Å². The molecule has 0 amide bonds. The van der Waals surface area contributed by atoms with Crippen molar-refractivity contribution in [2.75, 3.05) is 13.1 Å². The first-order valence-electron chi connectivity index (χ1n) is 8.64. The van der Waals surface area contributed by atoms with Crippen LogP contribution in [0, 0.1) is 5.92 Å². The van der Waals surface area contributed by atoms with E-state index in [0.29, 0.717) is 17.6 Å². The Balaban J connectivity index is 1.66. The summed E-state index contributed by atoms with van der Waals surface area (Å²) in [5, 5.41) is 17.0. The van der Waals surface area contributed by atoms with Crippen LogP contribution >= 0.6 is 0 Å². The number of piperidine rings is 1. The van der Waals surface area contributed by atoms with E-state index < -0.39 is 0 Å². The normalized spacial score (nSPS) is 19.3. The van der Waals surface area contributed by atoms with Gasteiger partial charge in [-0.2, -0.15) is 5.10 Å². The Kier molecular flexibility index (Phi) is 5.01. The zero-order valence-corrected chi connectivity index (χ0v) is 14.1. The molecule has 0 unspecified atom stereocenters. The Bertz CT molecular complexity index is 618. The Morgan fingerprint density at radius 1 is 1.30 bits per heavy atom. The van der Waals surface area contributed by atoms with Crippen LogP contribution in [0.15, 0.2) is 30.5 Å². The Morgan fingerprint density at radius 3 is 2.83 bits per heavy atom. The number of phenols is 1. The number of aromatic amines is 1. The van der Waals surface area contributed by atoms with Crippen LogP contribution in [0.1, 0.15) is 49.4 Å². The second-order valence-corrected chi connectivity index (χ2v) is 7.15. The second kappa shape index (κ2) is 7.18. The van der Waals surface area contributed by atoms with Gasteiger partial charge in [0.2, 0.25) is 0 Å². The molecule has 124 valence electrons. The van der Waals surface area contributed by atoms with Crippen LogP contribution < -0.4 is 0 Å². The van der Waals surface area contributed by atoms with E-state index in [0.717, 1.165) is 26.1 Å². The van der Waals surface area contributed by atoms with Gasteiger partial charge in [0.15, 0.2) is 0 Å². The number of aromatic hydroxyl groups is 1. The molecule has 1 aromatic carbocycles. The molecule has 1 aromatic heterocycles. The number of H-pyrrole nitrogens is 1. The summed E-state index contributed by atoms with van der Waals surface area (Å²) in [4.78, 5) is 2.51. The van der Waals surface area contributed by atoms with E-state index in [1.54, 1.807) is 12.1 Å². The summed E-state index contributed by atoms with van der Waals surface area (Å²) in [5.74, 6) is 1.54. The van der Waals surface area contributed by atoms with E-state index in [2.05, 4.69) is 28.9 Å². The van der Waals surface area contributed by atoms with E-state index in [-0.39, 0.29) is 0 Å². The van der Waals surface area contributed by atoms with Crippen molar-refractivity contribution in [2.45, 2.75) is 45.6 Å².